The van der Waals surface area contributed by atoms with E-state index in [9.17, 15) is 4.79 Å². The van der Waals surface area contributed by atoms with Crippen LogP contribution >= 0.6 is 11.6 Å². The fourth-order valence-corrected chi connectivity index (χ4v) is 1.28. The smallest absolute Gasteiger partial charge is 0.328 e. The molecule has 76 valence electrons. The van der Waals surface area contributed by atoms with Crippen LogP contribution in [0.3, 0.4) is 0 Å². The summed E-state index contributed by atoms with van der Waals surface area (Å²) in [5.74, 6) is -0.915. The van der Waals surface area contributed by atoms with Gasteiger partial charge in [-0.25, -0.2) is 4.79 Å². The van der Waals surface area contributed by atoms with E-state index in [1.54, 1.807) is 38.2 Å². The Hall–Kier alpha value is -1.06. The molecule has 1 aromatic rings. The largest absolute Gasteiger partial charge is 0.480 e. The zero-order chi connectivity index (χ0) is 10.8. The number of carboxylic acid groups (broad SMARTS) is 1. The summed E-state index contributed by atoms with van der Waals surface area (Å²) in [6.45, 7) is 1.61. The highest BCUT2D eigenvalue weighted by Gasteiger charge is 2.32. The van der Waals surface area contributed by atoms with Crippen LogP contribution < -0.4 is 5.32 Å². The Kier molecular flexibility index (Phi) is 3.13. The van der Waals surface area contributed by atoms with Crippen molar-refractivity contribution in [2.45, 2.75) is 12.5 Å². The number of halogens is 1. The lowest BCUT2D eigenvalue weighted by Gasteiger charge is -2.24. The van der Waals surface area contributed by atoms with E-state index < -0.39 is 11.5 Å². The third kappa shape index (κ3) is 1.89. The first-order valence-corrected chi connectivity index (χ1v) is 4.57. The number of nitrogens with one attached hydrogen (secondary N) is 1. The normalized spacial score (nSPS) is 14.8. The molecule has 3 nitrogen and oxygen atoms in total. The number of carboxylic acids is 1. The summed E-state index contributed by atoms with van der Waals surface area (Å²) in [5, 5.41) is 12.4. The summed E-state index contributed by atoms with van der Waals surface area (Å²) in [6, 6.07) is 6.75. The minimum absolute atomic E-state index is 0.595. The number of likely N-dealkylation sites (N-methyl/N-ethyl adjacent to an activating group) is 1. The first-order valence-electron chi connectivity index (χ1n) is 4.19. The Labute approximate surface area is 87.7 Å². The molecule has 1 aromatic carbocycles. The second-order valence-electron chi connectivity index (χ2n) is 3.19. The number of rotatable bonds is 3. The molecule has 0 spiro atoms. The molecule has 0 aromatic heterocycles. The zero-order valence-corrected chi connectivity index (χ0v) is 8.80. The molecule has 0 amide bonds. The van der Waals surface area contributed by atoms with Gasteiger partial charge in [0.25, 0.3) is 0 Å². The minimum Gasteiger partial charge on any atom is -0.480 e. The Morgan fingerprint density at radius 1 is 1.43 bits per heavy atom. The maximum atomic E-state index is 11.0. The van der Waals surface area contributed by atoms with Crippen molar-refractivity contribution in [2.75, 3.05) is 7.05 Å². The molecule has 0 fully saturated rings. The van der Waals surface area contributed by atoms with Crippen LogP contribution in [-0.4, -0.2) is 18.1 Å². The molecule has 0 aliphatic heterocycles. The van der Waals surface area contributed by atoms with Crippen LogP contribution in [0.25, 0.3) is 0 Å². The molecule has 0 saturated carbocycles. The Balaban J connectivity index is 3.13. The van der Waals surface area contributed by atoms with Gasteiger partial charge in [0.05, 0.1) is 0 Å². The SMILES string of the molecule is CN[C@](C)(C(=O)O)c1ccc(Cl)cc1. The lowest BCUT2D eigenvalue weighted by atomic mass is 9.92. The highest BCUT2D eigenvalue weighted by Crippen LogP contribution is 2.22. The van der Waals surface area contributed by atoms with E-state index in [4.69, 9.17) is 16.7 Å². The van der Waals surface area contributed by atoms with Gasteiger partial charge in [0.1, 0.15) is 5.54 Å². The molecule has 0 saturated heterocycles. The monoisotopic (exact) mass is 213 g/mol. The van der Waals surface area contributed by atoms with Gasteiger partial charge in [-0.1, -0.05) is 23.7 Å². The van der Waals surface area contributed by atoms with Crippen LogP contribution in [0.2, 0.25) is 5.02 Å². The molecule has 0 radical (unpaired) electrons. The summed E-state index contributed by atoms with van der Waals surface area (Å²) in [5.41, 5.74) is -0.387. The van der Waals surface area contributed by atoms with E-state index >= 15 is 0 Å². The van der Waals surface area contributed by atoms with Gasteiger partial charge in [0.15, 0.2) is 0 Å². The van der Waals surface area contributed by atoms with Gasteiger partial charge in [-0.15, -0.1) is 0 Å². The maximum absolute atomic E-state index is 11.0. The second kappa shape index (κ2) is 3.98. The number of benzene rings is 1. The van der Waals surface area contributed by atoms with Crippen molar-refractivity contribution in [1.29, 1.82) is 0 Å². The summed E-state index contributed by atoms with van der Waals surface area (Å²) in [6.07, 6.45) is 0. The van der Waals surface area contributed by atoms with Crippen LogP contribution in [0.1, 0.15) is 12.5 Å². The number of hydrogen-bond acceptors (Lipinski definition) is 2. The lowest BCUT2D eigenvalue weighted by Crippen LogP contribution is -2.44. The molecule has 0 aliphatic carbocycles. The molecule has 0 aliphatic rings. The predicted molar refractivity (Wildman–Crippen MR) is 55.5 cm³/mol. The van der Waals surface area contributed by atoms with Crippen LogP contribution in [0, 0.1) is 0 Å². The van der Waals surface area contributed by atoms with E-state index in [1.807, 2.05) is 0 Å². The van der Waals surface area contributed by atoms with Crippen molar-refractivity contribution >= 4 is 17.6 Å². The van der Waals surface area contributed by atoms with Gasteiger partial charge >= 0.3 is 5.97 Å². The molecule has 1 rings (SSSR count). The van der Waals surface area contributed by atoms with Crippen LogP contribution in [0.15, 0.2) is 24.3 Å². The summed E-state index contributed by atoms with van der Waals surface area (Å²) in [4.78, 5) is 11.0. The third-order valence-corrected chi connectivity index (χ3v) is 2.60. The van der Waals surface area contributed by atoms with E-state index in [2.05, 4.69) is 5.32 Å². The van der Waals surface area contributed by atoms with Crippen molar-refractivity contribution in [3.8, 4) is 0 Å². The minimum atomic E-state index is -1.06. The molecular weight excluding hydrogens is 202 g/mol. The molecule has 0 unspecified atom stereocenters. The third-order valence-electron chi connectivity index (χ3n) is 2.35. The van der Waals surface area contributed by atoms with Crippen LogP contribution in [0.4, 0.5) is 0 Å². The number of carbonyl (C=O) groups is 1. The van der Waals surface area contributed by atoms with Gasteiger partial charge in [0.2, 0.25) is 0 Å². The topological polar surface area (TPSA) is 49.3 Å². The predicted octanol–water partition coefficient (Wildman–Crippen LogP) is 1.86. The van der Waals surface area contributed by atoms with Gasteiger partial charge in [-0.05, 0) is 31.7 Å². The van der Waals surface area contributed by atoms with Crippen LogP contribution in [-0.2, 0) is 10.3 Å². The van der Waals surface area contributed by atoms with Gasteiger partial charge in [-0.2, -0.15) is 0 Å². The fraction of sp³-hybridized carbons (Fsp3) is 0.300. The number of aliphatic carboxylic acids is 1. The van der Waals surface area contributed by atoms with Crippen molar-refractivity contribution in [1.82, 2.24) is 5.32 Å². The Morgan fingerprint density at radius 2 is 1.93 bits per heavy atom. The maximum Gasteiger partial charge on any atom is 0.328 e. The van der Waals surface area contributed by atoms with Crippen LogP contribution in [0.5, 0.6) is 0 Å². The zero-order valence-electron chi connectivity index (χ0n) is 8.04. The molecule has 0 bridgehead atoms. The van der Waals surface area contributed by atoms with Crippen molar-refractivity contribution < 1.29 is 9.90 Å². The molecule has 4 heteroatoms. The van der Waals surface area contributed by atoms with Gasteiger partial charge in [0, 0.05) is 5.02 Å². The molecule has 1 atom stereocenters. The fourth-order valence-electron chi connectivity index (χ4n) is 1.16. The first-order chi connectivity index (χ1) is 6.50. The van der Waals surface area contributed by atoms with Crippen molar-refractivity contribution in [3.63, 3.8) is 0 Å². The standard InChI is InChI=1S/C10H12ClNO2/c1-10(12-2,9(13)14)7-3-5-8(11)6-4-7/h3-6,12H,1-2H3,(H,13,14)/t10-/m0/s1. The average molecular weight is 214 g/mol. The summed E-state index contributed by atoms with van der Waals surface area (Å²) >= 11 is 5.72. The Morgan fingerprint density at radius 3 is 2.29 bits per heavy atom. The molecular formula is C10H12ClNO2. The second-order valence-corrected chi connectivity index (χ2v) is 3.62. The molecule has 14 heavy (non-hydrogen) atoms. The summed E-state index contributed by atoms with van der Waals surface area (Å²) in [7, 11) is 1.61. The number of hydrogen-bond donors (Lipinski definition) is 2. The van der Waals surface area contributed by atoms with E-state index in [0.717, 1.165) is 0 Å². The average Bonchev–Trinajstić information content (AvgIpc) is 2.17. The van der Waals surface area contributed by atoms with Gasteiger partial charge < -0.3 is 10.4 Å². The van der Waals surface area contributed by atoms with E-state index in [0.29, 0.717) is 10.6 Å². The molecule has 2 N–H and O–H groups in total. The Bertz CT molecular complexity index is 336. The highest BCUT2D eigenvalue weighted by atomic mass is 35.5. The summed E-state index contributed by atoms with van der Waals surface area (Å²) < 4.78 is 0. The van der Waals surface area contributed by atoms with Crippen molar-refractivity contribution in [2.24, 2.45) is 0 Å². The van der Waals surface area contributed by atoms with Crippen molar-refractivity contribution in [3.05, 3.63) is 34.9 Å². The molecule has 0 heterocycles. The highest BCUT2D eigenvalue weighted by molar-refractivity contribution is 6.30. The lowest BCUT2D eigenvalue weighted by molar-refractivity contribution is -0.144. The quantitative estimate of drug-likeness (QED) is 0.806. The van der Waals surface area contributed by atoms with Gasteiger partial charge in [-0.3, -0.25) is 0 Å². The van der Waals surface area contributed by atoms with E-state index in [1.165, 1.54) is 0 Å². The first kappa shape index (κ1) is 11.0. The van der Waals surface area contributed by atoms with E-state index in [-0.39, 0.29) is 0 Å².